The van der Waals surface area contributed by atoms with E-state index < -0.39 is 0 Å². The first-order valence-electron chi connectivity index (χ1n) is 11.1. The van der Waals surface area contributed by atoms with E-state index in [0.717, 1.165) is 44.3 Å². The second kappa shape index (κ2) is 8.17. The zero-order chi connectivity index (χ0) is 19.6. The van der Waals surface area contributed by atoms with Gasteiger partial charge < -0.3 is 10.2 Å². The van der Waals surface area contributed by atoms with Crippen LogP contribution in [0.4, 0.5) is 5.69 Å². The number of benzene rings is 2. The molecule has 3 heterocycles. The number of rotatable bonds is 4. The van der Waals surface area contributed by atoms with Gasteiger partial charge >= 0.3 is 0 Å². The molecule has 5 nitrogen and oxygen atoms in total. The van der Waals surface area contributed by atoms with Crippen LogP contribution in [0.3, 0.4) is 0 Å². The molecule has 152 valence electrons. The van der Waals surface area contributed by atoms with Crippen LogP contribution in [0.5, 0.6) is 0 Å². The van der Waals surface area contributed by atoms with Gasteiger partial charge in [-0.25, -0.2) is 4.68 Å². The van der Waals surface area contributed by atoms with Crippen LogP contribution in [0, 0.1) is 0 Å². The number of piperazine rings is 1. The van der Waals surface area contributed by atoms with E-state index in [2.05, 4.69) is 75.3 Å². The summed E-state index contributed by atoms with van der Waals surface area (Å²) in [5.41, 5.74) is 4.85. The van der Waals surface area contributed by atoms with Crippen molar-refractivity contribution in [2.45, 2.75) is 32.2 Å². The number of hydrogen-bond donors (Lipinski definition) is 1. The van der Waals surface area contributed by atoms with E-state index >= 15 is 0 Å². The summed E-state index contributed by atoms with van der Waals surface area (Å²) in [5, 5.41) is 9.67. The molecule has 2 aliphatic heterocycles. The number of hydrogen-bond acceptors (Lipinski definition) is 4. The van der Waals surface area contributed by atoms with Crippen LogP contribution in [0.15, 0.2) is 48.5 Å². The lowest BCUT2D eigenvalue weighted by Crippen LogP contribution is -2.52. The standard InChI is InChI=1S/C24H31N5/c1-2-23-22-9-8-21(18-24(22)29(26-23)20-6-4-3-5-7-20)27-14-10-19(11-15-27)28-16-12-25-13-17-28/h3-9,18-19,25H,2,10-17H2,1H3. The number of aromatic nitrogens is 2. The Kier molecular flexibility index (Phi) is 5.25. The second-order valence-corrected chi connectivity index (χ2v) is 8.25. The molecular weight excluding hydrogens is 358 g/mol. The topological polar surface area (TPSA) is 36.3 Å². The van der Waals surface area contributed by atoms with Gasteiger partial charge in [-0.3, -0.25) is 4.90 Å². The summed E-state index contributed by atoms with van der Waals surface area (Å²) in [6.07, 6.45) is 3.47. The third kappa shape index (κ3) is 3.65. The smallest absolute Gasteiger partial charge is 0.0764 e. The Morgan fingerprint density at radius 3 is 2.41 bits per heavy atom. The monoisotopic (exact) mass is 389 g/mol. The summed E-state index contributed by atoms with van der Waals surface area (Å²) >= 11 is 0. The minimum Gasteiger partial charge on any atom is -0.371 e. The normalized spacial score (nSPS) is 19.1. The Balaban J connectivity index is 1.40. The maximum atomic E-state index is 4.92. The first-order valence-corrected chi connectivity index (χ1v) is 11.1. The van der Waals surface area contributed by atoms with E-state index in [9.17, 15) is 0 Å². The molecule has 1 aromatic heterocycles. The van der Waals surface area contributed by atoms with Gasteiger partial charge in [-0.15, -0.1) is 0 Å². The van der Waals surface area contributed by atoms with Gasteiger partial charge in [-0.2, -0.15) is 5.10 Å². The van der Waals surface area contributed by atoms with Crippen molar-refractivity contribution in [3.05, 3.63) is 54.2 Å². The lowest BCUT2D eigenvalue weighted by molar-refractivity contribution is 0.150. The molecule has 0 amide bonds. The highest BCUT2D eigenvalue weighted by atomic mass is 15.3. The highest BCUT2D eigenvalue weighted by molar-refractivity contribution is 5.86. The molecule has 3 aromatic rings. The predicted octanol–water partition coefficient (Wildman–Crippen LogP) is 3.46. The molecule has 0 unspecified atom stereocenters. The summed E-state index contributed by atoms with van der Waals surface area (Å²) in [6.45, 7) is 9.14. The molecular formula is C24H31N5. The summed E-state index contributed by atoms with van der Waals surface area (Å²) < 4.78 is 2.12. The fraction of sp³-hybridized carbons (Fsp3) is 0.458. The zero-order valence-corrected chi connectivity index (χ0v) is 17.3. The maximum absolute atomic E-state index is 4.92. The third-order valence-electron chi connectivity index (χ3n) is 6.57. The van der Waals surface area contributed by atoms with Crippen molar-refractivity contribution in [1.29, 1.82) is 0 Å². The van der Waals surface area contributed by atoms with Crippen molar-refractivity contribution >= 4 is 16.6 Å². The van der Waals surface area contributed by atoms with Crippen molar-refractivity contribution < 1.29 is 0 Å². The van der Waals surface area contributed by atoms with Gasteiger partial charge in [-0.05, 0) is 49.6 Å². The Bertz CT molecular complexity index is 950. The quantitative estimate of drug-likeness (QED) is 0.741. The maximum Gasteiger partial charge on any atom is 0.0764 e. The summed E-state index contributed by atoms with van der Waals surface area (Å²) in [6, 6.07) is 18.2. The van der Waals surface area contributed by atoms with Gasteiger partial charge in [0, 0.05) is 56.4 Å². The van der Waals surface area contributed by atoms with Crippen molar-refractivity contribution in [2.24, 2.45) is 0 Å². The Morgan fingerprint density at radius 2 is 1.69 bits per heavy atom. The molecule has 5 heteroatoms. The molecule has 29 heavy (non-hydrogen) atoms. The van der Waals surface area contributed by atoms with Gasteiger partial charge in [-0.1, -0.05) is 25.1 Å². The SMILES string of the molecule is CCc1nn(-c2ccccc2)c2cc(N3CCC(N4CCNCC4)CC3)ccc12. The first-order chi connectivity index (χ1) is 14.3. The van der Waals surface area contributed by atoms with E-state index in [1.54, 1.807) is 0 Å². The van der Waals surface area contributed by atoms with Gasteiger partial charge in [0.25, 0.3) is 0 Å². The van der Waals surface area contributed by atoms with Crippen LogP contribution in [0.2, 0.25) is 0 Å². The van der Waals surface area contributed by atoms with Gasteiger partial charge in [0.2, 0.25) is 0 Å². The average molecular weight is 390 g/mol. The molecule has 2 aromatic carbocycles. The van der Waals surface area contributed by atoms with Gasteiger partial charge in [0.1, 0.15) is 0 Å². The number of anilines is 1. The summed E-state index contributed by atoms with van der Waals surface area (Å²) in [4.78, 5) is 5.25. The lowest BCUT2D eigenvalue weighted by atomic mass is 10.0. The Hall–Kier alpha value is -2.37. The lowest BCUT2D eigenvalue weighted by Gasteiger charge is -2.41. The third-order valence-corrected chi connectivity index (χ3v) is 6.57. The van der Waals surface area contributed by atoms with Crippen LogP contribution in [-0.4, -0.2) is 60.0 Å². The number of aryl methyl sites for hydroxylation is 1. The largest absolute Gasteiger partial charge is 0.371 e. The van der Waals surface area contributed by atoms with Gasteiger partial charge in [0.15, 0.2) is 0 Å². The first kappa shape index (κ1) is 18.6. The van der Waals surface area contributed by atoms with E-state index in [4.69, 9.17) is 5.10 Å². The summed E-state index contributed by atoms with van der Waals surface area (Å²) in [5.74, 6) is 0. The summed E-state index contributed by atoms with van der Waals surface area (Å²) in [7, 11) is 0. The van der Waals surface area contributed by atoms with Gasteiger partial charge in [0.05, 0.1) is 16.9 Å². The molecule has 2 fully saturated rings. The minimum atomic E-state index is 0.749. The minimum absolute atomic E-state index is 0.749. The Morgan fingerprint density at radius 1 is 0.931 bits per heavy atom. The molecule has 5 rings (SSSR count). The molecule has 2 aliphatic rings. The van der Waals surface area contributed by atoms with E-state index in [-0.39, 0.29) is 0 Å². The highest BCUT2D eigenvalue weighted by Crippen LogP contribution is 2.29. The van der Waals surface area contributed by atoms with Crippen LogP contribution < -0.4 is 10.2 Å². The van der Waals surface area contributed by atoms with Crippen LogP contribution >= 0.6 is 0 Å². The van der Waals surface area contributed by atoms with E-state index in [1.807, 2.05) is 0 Å². The highest BCUT2D eigenvalue weighted by Gasteiger charge is 2.26. The van der Waals surface area contributed by atoms with Crippen LogP contribution in [-0.2, 0) is 6.42 Å². The average Bonchev–Trinajstić information content (AvgIpc) is 3.18. The predicted molar refractivity (Wildman–Crippen MR) is 120 cm³/mol. The zero-order valence-electron chi connectivity index (χ0n) is 17.3. The molecule has 0 atom stereocenters. The van der Waals surface area contributed by atoms with Crippen LogP contribution in [0.25, 0.3) is 16.6 Å². The second-order valence-electron chi connectivity index (χ2n) is 8.25. The van der Waals surface area contributed by atoms with E-state index in [0.29, 0.717) is 0 Å². The number of nitrogens with zero attached hydrogens (tertiary/aromatic N) is 4. The fourth-order valence-electron chi connectivity index (χ4n) is 4.93. The molecule has 0 bridgehead atoms. The van der Waals surface area contributed by atoms with Crippen molar-refractivity contribution in [3.63, 3.8) is 0 Å². The molecule has 2 saturated heterocycles. The van der Waals surface area contributed by atoms with Crippen molar-refractivity contribution in [3.8, 4) is 5.69 Å². The number of nitrogens with one attached hydrogen (secondary N) is 1. The number of para-hydroxylation sites is 1. The number of fused-ring (bicyclic) bond motifs is 1. The molecule has 0 spiro atoms. The van der Waals surface area contributed by atoms with Crippen LogP contribution in [0.1, 0.15) is 25.5 Å². The fourth-order valence-corrected chi connectivity index (χ4v) is 4.93. The van der Waals surface area contributed by atoms with Crippen molar-refractivity contribution in [2.75, 3.05) is 44.2 Å². The van der Waals surface area contributed by atoms with Crippen molar-refractivity contribution in [1.82, 2.24) is 20.0 Å². The molecule has 0 radical (unpaired) electrons. The Labute approximate surface area is 173 Å². The molecule has 1 N–H and O–H groups in total. The molecule has 0 aliphatic carbocycles. The molecule has 0 saturated carbocycles. The van der Waals surface area contributed by atoms with E-state index in [1.165, 1.54) is 48.2 Å². The number of piperidine rings is 1.